The Balaban J connectivity index is 1.39. The van der Waals surface area contributed by atoms with Crippen LogP contribution in [0.5, 0.6) is 11.5 Å². The van der Waals surface area contributed by atoms with Crippen LogP contribution in [0.1, 0.15) is 42.3 Å². The van der Waals surface area contributed by atoms with E-state index in [1.165, 1.54) is 24.3 Å². The van der Waals surface area contributed by atoms with Gasteiger partial charge in [-0.1, -0.05) is 17.7 Å². The van der Waals surface area contributed by atoms with Crippen LogP contribution in [0, 0.1) is 0 Å². The number of aromatic nitrogens is 1. The fourth-order valence-electron chi connectivity index (χ4n) is 4.08. The summed E-state index contributed by atoms with van der Waals surface area (Å²) >= 11 is 5.96. The van der Waals surface area contributed by atoms with Gasteiger partial charge in [0.25, 0.3) is 0 Å². The lowest BCUT2D eigenvalue weighted by Crippen LogP contribution is -2.16. The Labute approximate surface area is 223 Å². The molecule has 0 saturated carbocycles. The molecule has 1 aromatic heterocycles. The molecule has 0 aliphatic carbocycles. The van der Waals surface area contributed by atoms with E-state index in [2.05, 4.69) is 4.98 Å². The smallest absolute Gasteiger partial charge is 0.336 e. The number of hydrogen-bond acceptors (Lipinski definition) is 7. The number of rotatable bonds is 7. The van der Waals surface area contributed by atoms with Crippen molar-refractivity contribution in [1.29, 1.82) is 0 Å². The molecule has 3 aromatic carbocycles. The molecule has 0 unspecified atom stereocenters. The summed E-state index contributed by atoms with van der Waals surface area (Å²) in [4.78, 5) is 44.5. The maximum atomic E-state index is 13.2. The Morgan fingerprint density at radius 3 is 2.13 bits per heavy atom. The summed E-state index contributed by atoms with van der Waals surface area (Å²) in [6.07, 6.45) is 1.56. The molecule has 190 valence electrons. The summed E-state index contributed by atoms with van der Waals surface area (Å²) in [6.45, 7) is 0.768. The fraction of sp³-hybridized carbons (Fsp3) is 0.103. The minimum Gasteiger partial charge on any atom is -0.486 e. The molecule has 1 aliphatic heterocycles. The predicted octanol–water partition coefficient (Wildman–Crippen LogP) is 5.43. The van der Waals surface area contributed by atoms with E-state index < -0.39 is 17.5 Å². The molecule has 0 amide bonds. The molecule has 0 spiro atoms. The van der Waals surface area contributed by atoms with Gasteiger partial charge in [-0.15, -0.1) is 0 Å². The third-order valence-corrected chi connectivity index (χ3v) is 6.39. The van der Waals surface area contributed by atoms with Crippen molar-refractivity contribution in [3.63, 3.8) is 0 Å². The molecule has 4 aromatic rings. The first kappa shape index (κ1) is 25.0. The van der Waals surface area contributed by atoms with Gasteiger partial charge in [0, 0.05) is 34.4 Å². The number of ether oxygens (including phenoxy) is 2. The summed E-state index contributed by atoms with van der Waals surface area (Å²) in [7, 11) is 1.86. The molecule has 38 heavy (non-hydrogen) atoms. The second-order valence-corrected chi connectivity index (χ2v) is 8.96. The summed E-state index contributed by atoms with van der Waals surface area (Å²) in [6, 6.07) is 19.2. The number of carbonyl (C=O) groups is 3. The van der Waals surface area contributed by atoms with Crippen LogP contribution in [0.3, 0.4) is 0 Å². The predicted molar refractivity (Wildman–Crippen MR) is 141 cm³/mol. The van der Waals surface area contributed by atoms with E-state index in [4.69, 9.17) is 21.1 Å². The highest BCUT2D eigenvalue weighted by molar-refractivity contribution is 6.30. The highest BCUT2D eigenvalue weighted by Gasteiger charge is 2.23. The molecule has 9 heteroatoms. The van der Waals surface area contributed by atoms with Gasteiger partial charge in [-0.05, 0) is 66.7 Å². The van der Waals surface area contributed by atoms with Gasteiger partial charge in [0.05, 0.1) is 17.4 Å². The van der Waals surface area contributed by atoms with Crippen LogP contribution < -0.4 is 14.4 Å². The van der Waals surface area contributed by atoms with Crippen molar-refractivity contribution in [2.45, 2.75) is 0 Å². The third kappa shape index (κ3) is 4.94. The number of pyridine rings is 1. The van der Waals surface area contributed by atoms with E-state index in [9.17, 15) is 19.5 Å². The standard InChI is InChI=1S/C29H21ClN2O6/c1-32(20-6-4-19(30)5-7-20)21-8-10-24(31-16-21)28(34)17-2-9-22(23(14-17)29(35)36)27(33)18-3-11-25-26(15-18)38-13-12-37-25/h2-11,14-16H,12-13H2,1H3,(H,35,36). The number of hydrogen-bond donors (Lipinski definition) is 1. The largest absolute Gasteiger partial charge is 0.486 e. The van der Waals surface area contributed by atoms with Crippen molar-refractivity contribution >= 4 is 40.5 Å². The van der Waals surface area contributed by atoms with Gasteiger partial charge in [-0.3, -0.25) is 14.6 Å². The van der Waals surface area contributed by atoms with Crippen LogP contribution in [0.2, 0.25) is 5.02 Å². The molecule has 0 atom stereocenters. The fourth-order valence-corrected chi connectivity index (χ4v) is 4.21. The molecule has 5 rings (SSSR count). The number of anilines is 2. The maximum Gasteiger partial charge on any atom is 0.336 e. The van der Waals surface area contributed by atoms with Crippen LogP contribution in [0.25, 0.3) is 0 Å². The molecule has 0 radical (unpaired) electrons. The lowest BCUT2D eigenvalue weighted by molar-refractivity contribution is 0.0692. The van der Waals surface area contributed by atoms with E-state index in [0.717, 1.165) is 11.4 Å². The number of nitrogens with zero attached hydrogens (tertiary/aromatic N) is 2. The highest BCUT2D eigenvalue weighted by Crippen LogP contribution is 2.32. The lowest BCUT2D eigenvalue weighted by Gasteiger charge is -2.19. The molecule has 1 aliphatic rings. The molecule has 0 fully saturated rings. The van der Waals surface area contributed by atoms with Crippen LogP contribution in [-0.2, 0) is 0 Å². The van der Waals surface area contributed by atoms with E-state index in [1.54, 1.807) is 42.6 Å². The molecule has 0 saturated heterocycles. The quantitative estimate of drug-likeness (QED) is 0.316. The monoisotopic (exact) mass is 528 g/mol. The number of carboxylic acids is 1. The van der Waals surface area contributed by atoms with Gasteiger partial charge < -0.3 is 19.5 Å². The number of aromatic carboxylic acids is 1. The first-order chi connectivity index (χ1) is 18.3. The average molecular weight is 529 g/mol. The number of ketones is 2. The molecule has 1 N–H and O–H groups in total. The second kappa shape index (κ2) is 10.4. The Bertz CT molecular complexity index is 1550. The molecular formula is C29H21ClN2O6. The van der Waals surface area contributed by atoms with Crippen LogP contribution in [0.4, 0.5) is 11.4 Å². The van der Waals surface area contributed by atoms with Crippen molar-refractivity contribution in [1.82, 2.24) is 4.98 Å². The average Bonchev–Trinajstić information content (AvgIpc) is 2.96. The van der Waals surface area contributed by atoms with Gasteiger partial charge in [0.2, 0.25) is 5.78 Å². The van der Waals surface area contributed by atoms with Crippen molar-refractivity contribution < 1.29 is 29.0 Å². The maximum absolute atomic E-state index is 13.2. The first-order valence-corrected chi connectivity index (χ1v) is 12.0. The Morgan fingerprint density at radius 1 is 0.789 bits per heavy atom. The highest BCUT2D eigenvalue weighted by atomic mass is 35.5. The zero-order valence-corrected chi connectivity index (χ0v) is 20.9. The zero-order valence-electron chi connectivity index (χ0n) is 20.2. The zero-order chi connectivity index (χ0) is 26.8. The van der Waals surface area contributed by atoms with Gasteiger partial charge in [-0.2, -0.15) is 0 Å². The van der Waals surface area contributed by atoms with Crippen molar-refractivity contribution in [2.75, 3.05) is 25.2 Å². The van der Waals surface area contributed by atoms with Crippen LogP contribution >= 0.6 is 11.6 Å². The number of fused-ring (bicyclic) bond motifs is 1. The van der Waals surface area contributed by atoms with Gasteiger partial charge in [-0.25, -0.2) is 4.79 Å². The molecule has 8 nitrogen and oxygen atoms in total. The summed E-state index contributed by atoms with van der Waals surface area (Å²) in [5.41, 5.74) is 1.80. The van der Waals surface area contributed by atoms with Crippen molar-refractivity contribution in [2.24, 2.45) is 0 Å². The molecule has 0 bridgehead atoms. The lowest BCUT2D eigenvalue weighted by atomic mass is 9.94. The topological polar surface area (TPSA) is 106 Å². The second-order valence-electron chi connectivity index (χ2n) is 8.52. The van der Waals surface area contributed by atoms with Crippen LogP contribution in [0.15, 0.2) is 79.0 Å². The minimum absolute atomic E-state index is 0.0429. The number of benzene rings is 3. The minimum atomic E-state index is -1.33. The number of carboxylic acid groups (broad SMARTS) is 1. The summed E-state index contributed by atoms with van der Waals surface area (Å²) in [5.74, 6) is -1.36. The van der Waals surface area contributed by atoms with Crippen LogP contribution in [-0.4, -0.2) is 47.9 Å². The molecule has 2 heterocycles. The Kier molecular flexibility index (Phi) is 6.81. The third-order valence-electron chi connectivity index (χ3n) is 6.14. The first-order valence-electron chi connectivity index (χ1n) is 11.6. The van der Waals surface area contributed by atoms with Crippen molar-refractivity contribution in [3.8, 4) is 11.5 Å². The van der Waals surface area contributed by atoms with E-state index >= 15 is 0 Å². The van der Waals surface area contributed by atoms with Gasteiger partial charge in [0.1, 0.15) is 18.9 Å². The Morgan fingerprint density at radius 2 is 1.45 bits per heavy atom. The normalized spacial score (nSPS) is 12.1. The number of carbonyl (C=O) groups excluding carboxylic acids is 2. The van der Waals surface area contributed by atoms with E-state index in [-0.39, 0.29) is 27.9 Å². The van der Waals surface area contributed by atoms with Gasteiger partial charge in [0.15, 0.2) is 17.3 Å². The van der Waals surface area contributed by atoms with E-state index in [1.807, 2.05) is 24.1 Å². The summed E-state index contributed by atoms with van der Waals surface area (Å²) < 4.78 is 11.0. The molecular weight excluding hydrogens is 508 g/mol. The van der Waals surface area contributed by atoms with Gasteiger partial charge >= 0.3 is 5.97 Å². The Hall–Kier alpha value is -4.69. The van der Waals surface area contributed by atoms with Crippen molar-refractivity contribution in [3.05, 3.63) is 112 Å². The van der Waals surface area contributed by atoms with E-state index in [0.29, 0.717) is 29.7 Å². The summed E-state index contributed by atoms with van der Waals surface area (Å²) in [5, 5.41) is 10.4. The number of halogens is 1. The SMILES string of the molecule is CN(c1ccc(Cl)cc1)c1ccc(C(=O)c2ccc(C(=O)c3ccc4c(c3)OCCO4)c(C(=O)O)c2)nc1.